The van der Waals surface area contributed by atoms with Crippen molar-refractivity contribution in [2.24, 2.45) is 0 Å². The molecule has 1 atom stereocenters. The molecule has 0 radical (unpaired) electrons. The van der Waals surface area contributed by atoms with Gasteiger partial charge in [0, 0.05) is 26.2 Å². The van der Waals surface area contributed by atoms with Crippen LogP contribution in [0.2, 0.25) is 10.0 Å². The summed E-state index contributed by atoms with van der Waals surface area (Å²) in [5.74, 6) is 0.376. The van der Waals surface area contributed by atoms with Crippen molar-refractivity contribution in [2.75, 3.05) is 5.75 Å². The van der Waals surface area contributed by atoms with Crippen molar-refractivity contribution in [2.45, 2.75) is 30.3 Å². The number of hydrogen-bond acceptors (Lipinski definition) is 6. The molecule has 1 N–H and O–H groups in total. The number of aryl methyl sites for hydroxylation is 2. The number of thiazole rings is 1. The first-order valence-corrected chi connectivity index (χ1v) is 10.0. The minimum atomic E-state index is -1.24. The van der Waals surface area contributed by atoms with E-state index in [0.717, 1.165) is 10.0 Å². The zero-order valence-corrected chi connectivity index (χ0v) is 16.8. The number of nitrogens with zero attached hydrogens (tertiary/aromatic N) is 4. The highest BCUT2D eigenvalue weighted by atomic mass is 35.5. The Balaban J connectivity index is 1.90. The van der Waals surface area contributed by atoms with Gasteiger partial charge in [0.2, 0.25) is 0 Å². The summed E-state index contributed by atoms with van der Waals surface area (Å²) in [6.07, 6.45) is 3.00. The van der Waals surface area contributed by atoms with Crippen LogP contribution in [0.25, 0.3) is 0 Å². The van der Waals surface area contributed by atoms with E-state index in [1.54, 1.807) is 40.5 Å². The summed E-state index contributed by atoms with van der Waals surface area (Å²) in [5, 5.41) is 16.4. The minimum Gasteiger partial charge on any atom is -0.382 e. The van der Waals surface area contributed by atoms with Gasteiger partial charge in [-0.3, -0.25) is 0 Å². The third-order valence-electron chi connectivity index (χ3n) is 3.77. The summed E-state index contributed by atoms with van der Waals surface area (Å²) in [4.78, 5) is 9.63. The molecular weight excluding hydrogens is 399 g/mol. The number of aromatic nitrogens is 4. The molecule has 0 aliphatic carbocycles. The summed E-state index contributed by atoms with van der Waals surface area (Å²) in [6.45, 7) is 4.24. The van der Waals surface area contributed by atoms with Crippen LogP contribution in [-0.2, 0) is 12.1 Å². The molecule has 2 aromatic heterocycles. The number of benzene rings is 1. The molecular formula is C16H16Cl2N4OS2. The molecule has 0 amide bonds. The van der Waals surface area contributed by atoms with Gasteiger partial charge in [0.05, 0.1) is 12.2 Å². The fraction of sp³-hybridized carbons (Fsp3) is 0.312. The van der Waals surface area contributed by atoms with Gasteiger partial charge in [0.1, 0.15) is 22.6 Å². The summed E-state index contributed by atoms with van der Waals surface area (Å²) >= 11 is 15.5. The number of halogens is 2. The third kappa shape index (κ3) is 4.35. The molecule has 0 bridgehead atoms. The Hall–Kier alpha value is -1.12. The number of aliphatic hydroxyl groups is 1. The quantitative estimate of drug-likeness (QED) is 0.607. The van der Waals surface area contributed by atoms with Crippen molar-refractivity contribution in [3.63, 3.8) is 0 Å². The average Bonchev–Trinajstić information content (AvgIpc) is 3.15. The second-order valence-corrected chi connectivity index (χ2v) is 8.93. The van der Waals surface area contributed by atoms with E-state index in [-0.39, 0.29) is 6.54 Å². The van der Waals surface area contributed by atoms with Crippen LogP contribution < -0.4 is 0 Å². The van der Waals surface area contributed by atoms with Crippen LogP contribution >= 0.6 is 46.3 Å². The van der Waals surface area contributed by atoms with Crippen molar-refractivity contribution in [3.05, 3.63) is 57.0 Å². The van der Waals surface area contributed by atoms with E-state index in [2.05, 4.69) is 15.1 Å². The van der Waals surface area contributed by atoms with Crippen LogP contribution in [0.3, 0.4) is 0 Å². The smallest absolute Gasteiger partial charge is 0.150 e. The van der Waals surface area contributed by atoms with Gasteiger partial charge in [0.25, 0.3) is 0 Å². The second kappa shape index (κ2) is 7.63. The standard InChI is InChI=1S/C16H16Cl2N4OS2/c1-10-11(2)25-15(21-10)24-7-16(23,6-22-9-19-8-20-22)13-4-3-12(17)5-14(13)18/h3-5,8-9,23H,6-7H2,1-2H3. The van der Waals surface area contributed by atoms with Gasteiger partial charge >= 0.3 is 0 Å². The van der Waals surface area contributed by atoms with Crippen molar-refractivity contribution < 1.29 is 5.11 Å². The Bertz CT molecular complexity index is 850. The zero-order valence-electron chi connectivity index (χ0n) is 13.6. The van der Waals surface area contributed by atoms with Crippen LogP contribution in [-0.4, -0.2) is 30.6 Å². The summed E-state index contributed by atoms with van der Waals surface area (Å²) in [6, 6.07) is 5.10. The normalized spacial score (nSPS) is 13.8. The Morgan fingerprint density at radius 3 is 2.72 bits per heavy atom. The first-order valence-electron chi connectivity index (χ1n) is 7.44. The number of hydrogen-bond donors (Lipinski definition) is 1. The highest BCUT2D eigenvalue weighted by molar-refractivity contribution is 8.01. The second-order valence-electron chi connectivity index (χ2n) is 5.66. The molecule has 0 aliphatic rings. The van der Waals surface area contributed by atoms with E-state index in [9.17, 15) is 5.11 Å². The highest BCUT2D eigenvalue weighted by Crippen LogP contribution is 2.37. The molecule has 1 unspecified atom stereocenters. The summed E-state index contributed by atoms with van der Waals surface area (Å²) in [5.41, 5.74) is 0.372. The van der Waals surface area contributed by atoms with Gasteiger partial charge < -0.3 is 5.11 Å². The number of rotatable bonds is 6. The van der Waals surface area contributed by atoms with Crippen molar-refractivity contribution in [3.8, 4) is 0 Å². The fourth-order valence-electron chi connectivity index (χ4n) is 2.34. The van der Waals surface area contributed by atoms with E-state index >= 15 is 0 Å². The van der Waals surface area contributed by atoms with Gasteiger partial charge in [-0.15, -0.1) is 11.3 Å². The lowest BCUT2D eigenvalue weighted by molar-refractivity contribution is 0.0397. The Kier molecular flexibility index (Phi) is 5.70. The van der Waals surface area contributed by atoms with Gasteiger partial charge in [-0.05, 0) is 26.0 Å². The van der Waals surface area contributed by atoms with Crippen LogP contribution in [0.4, 0.5) is 0 Å². The minimum absolute atomic E-state index is 0.227. The maximum absolute atomic E-state index is 11.4. The Morgan fingerprint density at radius 1 is 1.32 bits per heavy atom. The molecule has 2 heterocycles. The lowest BCUT2D eigenvalue weighted by atomic mass is 9.95. The zero-order chi connectivity index (χ0) is 18.0. The predicted octanol–water partition coefficient (Wildman–Crippen LogP) is 4.34. The topological polar surface area (TPSA) is 63.8 Å². The average molecular weight is 415 g/mol. The molecule has 0 saturated heterocycles. The Labute approximate surface area is 164 Å². The molecule has 3 rings (SSSR count). The molecule has 1 aromatic carbocycles. The SMILES string of the molecule is Cc1nc(SCC(O)(Cn2cncn2)c2ccc(Cl)cc2Cl)sc1C. The van der Waals surface area contributed by atoms with Gasteiger partial charge in [0.15, 0.2) is 0 Å². The van der Waals surface area contributed by atoms with E-state index in [1.165, 1.54) is 23.0 Å². The van der Waals surface area contributed by atoms with Crippen molar-refractivity contribution in [1.29, 1.82) is 0 Å². The molecule has 5 nitrogen and oxygen atoms in total. The molecule has 9 heteroatoms. The predicted molar refractivity (Wildman–Crippen MR) is 103 cm³/mol. The largest absolute Gasteiger partial charge is 0.382 e. The third-order valence-corrected chi connectivity index (χ3v) is 6.74. The van der Waals surface area contributed by atoms with Crippen LogP contribution in [0.5, 0.6) is 0 Å². The lowest BCUT2D eigenvalue weighted by Crippen LogP contribution is -2.34. The summed E-state index contributed by atoms with van der Waals surface area (Å²) < 4.78 is 2.50. The van der Waals surface area contributed by atoms with Crippen molar-refractivity contribution >= 4 is 46.3 Å². The Morgan fingerprint density at radius 2 is 2.12 bits per heavy atom. The molecule has 3 aromatic rings. The maximum Gasteiger partial charge on any atom is 0.150 e. The molecule has 0 spiro atoms. The van der Waals surface area contributed by atoms with E-state index in [4.69, 9.17) is 23.2 Å². The molecule has 0 aliphatic heterocycles. The van der Waals surface area contributed by atoms with Gasteiger partial charge in [-0.1, -0.05) is 41.0 Å². The molecule has 0 saturated carbocycles. The maximum atomic E-state index is 11.4. The highest BCUT2D eigenvalue weighted by Gasteiger charge is 2.33. The monoisotopic (exact) mass is 414 g/mol. The van der Waals surface area contributed by atoms with Gasteiger partial charge in [-0.25, -0.2) is 14.6 Å². The van der Waals surface area contributed by atoms with Gasteiger partial charge in [-0.2, -0.15) is 5.10 Å². The molecule has 0 fully saturated rings. The molecule has 132 valence electrons. The first-order chi connectivity index (χ1) is 11.9. The van der Waals surface area contributed by atoms with E-state index in [0.29, 0.717) is 21.4 Å². The summed E-state index contributed by atoms with van der Waals surface area (Å²) in [7, 11) is 0. The fourth-order valence-corrected chi connectivity index (χ4v) is 5.16. The van der Waals surface area contributed by atoms with Crippen LogP contribution in [0.15, 0.2) is 35.2 Å². The first kappa shape index (κ1) is 18.7. The van der Waals surface area contributed by atoms with Crippen LogP contribution in [0.1, 0.15) is 16.1 Å². The van der Waals surface area contributed by atoms with E-state index in [1.807, 2.05) is 13.8 Å². The van der Waals surface area contributed by atoms with E-state index < -0.39 is 5.60 Å². The van der Waals surface area contributed by atoms with Crippen molar-refractivity contribution in [1.82, 2.24) is 19.7 Å². The molecule has 25 heavy (non-hydrogen) atoms. The lowest BCUT2D eigenvalue weighted by Gasteiger charge is -2.28. The van der Waals surface area contributed by atoms with Crippen LogP contribution in [0, 0.1) is 13.8 Å². The number of thioether (sulfide) groups is 1.